The number of ether oxygens (including phenoxy) is 1. The molecule has 2 aromatic rings. The summed E-state index contributed by atoms with van der Waals surface area (Å²) in [6.45, 7) is 3.84. The zero-order valence-electron chi connectivity index (χ0n) is 10.7. The van der Waals surface area contributed by atoms with E-state index in [1.54, 1.807) is 0 Å². The molecule has 0 fully saturated rings. The molecule has 0 radical (unpaired) electrons. The molecular weight excluding hydrogens is 308 g/mol. The average Bonchev–Trinajstić information content (AvgIpc) is 2.36. The van der Waals surface area contributed by atoms with E-state index in [1.165, 1.54) is 6.33 Å². The monoisotopic (exact) mass is 322 g/mol. The van der Waals surface area contributed by atoms with Gasteiger partial charge in [0.15, 0.2) is 5.82 Å². The molecule has 0 spiro atoms. The second-order valence-corrected chi connectivity index (χ2v) is 5.16. The fourth-order valence-electron chi connectivity index (χ4n) is 1.47. The minimum absolute atomic E-state index is 0.0118. The standard InChI is InChI=1S/C13H15BrN4O/c1-8(2)19-13-11(15)12(16-7-17-13)18-10-5-3-9(14)4-6-10/h3-8H,15H2,1-2H3,(H,16,17,18). The molecule has 1 heterocycles. The first-order valence-electron chi connectivity index (χ1n) is 5.86. The molecule has 1 aromatic heterocycles. The Morgan fingerprint density at radius 2 is 1.89 bits per heavy atom. The Hall–Kier alpha value is -1.82. The van der Waals surface area contributed by atoms with Crippen molar-refractivity contribution in [2.75, 3.05) is 11.1 Å². The molecule has 0 aliphatic rings. The van der Waals surface area contributed by atoms with Gasteiger partial charge in [0.2, 0.25) is 5.88 Å². The number of hydrogen-bond acceptors (Lipinski definition) is 5. The van der Waals surface area contributed by atoms with E-state index < -0.39 is 0 Å². The fourth-order valence-corrected chi connectivity index (χ4v) is 1.73. The van der Waals surface area contributed by atoms with Gasteiger partial charge in [0.05, 0.1) is 6.10 Å². The van der Waals surface area contributed by atoms with Gasteiger partial charge in [0.25, 0.3) is 0 Å². The zero-order chi connectivity index (χ0) is 13.8. The van der Waals surface area contributed by atoms with Gasteiger partial charge in [-0.2, -0.15) is 4.98 Å². The van der Waals surface area contributed by atoms with Gasteiger partial charge in [-0.05, 0) is 38.1 Å². The largest absolute Gasteiger partial charge is 0.473 e. The summed E-state index contributed by atoms with van der Waals surface area (Å²) in [6, 6.07) is 7.72. The van der Waals surface area contributed by atoms with Crippen LogP contribution in [-0.2, 0) is 0 Å². The summed E-state index contributed by atoms with van der Waals surface area (Å²) in [5, 5.41) is 3.14. The number of nitrogens with one attached hydrogen (secondary N) is 1. The molecule has 0 bridgehead atoms. The van der Waals surface area contributed by atoms with Crippen LogP contribution in [0.4, 0.5) is 17.2 Å². The second-order valence-electron chi connectivity index (χ2n) is 4.24. The number of halogens is 1. The van der Waals surface area contributed by atoms with Crippen LogP contribution in [0.2, 0.25) is 0 Å². The molecule has 1 aromatic carbocycles. The summed E-state index contributed by atoms with van der Waals surface area (Å²) in [5.74, 6) is 0.928. The molecule has 0 saturated carbocycles. The van der Waals surface area contributed by atoms with Crippen LogP contribution in [-0.4, -0.2) is 16.1 Å². The van der Waals surface area contributed by atoms with Crippen molar-refractivity contribution in [3.63, 3.8) is 0 Å². The maximum atomic E-state index is 5.99. The van der Waals surface area contributed by atoms with Crippen molar-refractivity contribution in [3.05, 3.63) is 35.1 Å². The molecule has 2 rings (SSSR count). The van der Waals surface area contributed by atoms with Crippen LogP contribution in [0.15, 0.2) is 35.1 Å². The molecule has 19 heavy (non-hydrogen) atoms. The topological polar surface area (TPSA) is 73.1 Å². The number of anilines is 3. The predicted molar refractivity (Wildman–Crippen MR) is 79.6 cm³/mol. The molecule has 0 aliphatic carbocycles. The van der Waals surface area contributed by atoms with Gasteiger partial charge in [-0.1, -0.05) is 15.9 Å². The number of benzene rings is 1. The van der Waals surface area contributed by atoms with Crippen LogP contribution in [0.25, 0.3) is 0 Å². The van der Waals surface area contributed by atoms with Crippen LogP contribution in [0.3, 0.4) is 0 Å². The van der Waals surface area contributed by atoms with E-state index in [4.69, 9.17) is 10.5 Å². The van der Waals surface area contributed by atoms with Gasteiger partial charge in [-0.3, -0.25) is 0 Å². The van der Waals surface area contributed by atoms with Gasteiger partial charge in [0, 0.05) is 10.2 Å². The summed E-state index contributed by atoms with van der Waals surface area (Å²) in [7, 11) is 0. The lowest BCUT2D eigenvalue weighted by Crippen LogP contribution is -2.10. The van der Waals surface area contributed by atoms with E-state index in [1.807, 2.05) is 38.1 Å². The summed E-state index contributed by atoms with van der Waals surface area (Å²) in [4.78, 5) is 8.15. The van der Waals surface area contributed by atoms with Crippen LogP contribution in [0.5, 0.6) is 5.88 Å². The lowest BCUT2D eigenvalue weighted by molar-refractivity contribution is 0.234. The maximum absolute atomic E-state index is 5.99. The molecule has 0 amide bonds. The van der Waals surface area contributed by atoms with Crippen LogP contribution in [0, 0.1) is 0 Å². The van der Waals surface area contributed by atoms with Gasteiger partial charge in [-0.25, -0.2) is 4.98 Å². The van der Waals surface area contributed by atoms with Crippen LogP contribution < -0.4 is 15.8 Å². The Morgan fingerprint density at radius 3 is 2.53 bits per heavy atom. The van der Waals surface area contributed by atoms with E-state index in [9.17, 15) is 0 Å². The Balaban J connectivity index is 2.23. The first-order valence-corrected chi connectivity index (χ1v) is 6.65. The number of nitrogens with zero attached hydrogens (tertiary/aromatic N) is 2. The van der Waals surface area contributed by atoms with E-state index in [0.717, 1.165) is 10.2 Å². The predicted octanol–water partition coefficient (Wildman–Crippen LogP) is 3.35. The van der Waals surface area contributed by atoms with Crippen LogP contribution >= 0.6 is 15.9 Å². The number of nitrogens with two attached hydrogens (primary N) is 1. The average molecular weight is 323 g/mol. The first kappa shape index (κ1) is 13.6. The Bertz CT molecular complexity index is 557. The zero-order valence-corrected chi connectivity index (χ0v) is 12.3. The summed E-state index contributed by atoms with van der Waals surface area (Å²) < 4.78 is 6.53. The van der Waals surface area contributed by atoms with Crippen molar-refractivity contribution in [2.45, 2.75) is 20.0 Å². The highest BCUT2D eigenvalue weighted by Crippen LogP contribution is 2.28. The summed E-state index contributed by atoms with van der Waals surface area (Å²) in [6.07, 6.45) is 1.44. The summed E-state index contributed by atoms with van der Waals surface area (Å²) in [5.41, 5.74) is 7.28. The molecular formula is C13H15BrN4O. The van der Waals surface area contributed by atoms with Crippen molar-refractivity contribution in [1.82, 2.24) is 9.97 Å². The van der Waals surface area contributed by atoms with E-state index in [2.05, 4.69) is 31.2 Å². The highest BCUT2D eigenvalue weighted by Gasteiger charge is 2.10. The molecule has 0 atom stereocenters. The molecule has 0 aliphatic heterocycles. The summed E-state index contributed by atoms with van der Waals surface area (Å²) >= 11 is 3.39. The van der Waals surface area contributed by atoms with Crippen molar-refractivity contribution in [1.29, 1.82) is 0 Å². The van der Waals surface area contributed by atoms with E-state index >= 15 is 0 Å². The highest BCUT2D eigenvalue weighted by atomic mass is 79.9. The number of rotatable bonds is 4. The van der Waals surface area contributed by atoms with Gasteiger partial charge < -0.3 is 15.8 Å². The molecule has 0 saturated heterocycles. The normalized spacial score (nSPS) is 10.5. The van der Waals surface area contributed by atoms with Crippen LogP contribution in [0.1, 0.15) is 13.8 Å². The Morgan fingerprint density at radius 1 is 1.21 bits per heavy atom. The SMILES string of the molecule is CC(C)Oc1ncnc(Nc2ccc(Br)cc2)c1N. The first-order chi connectivity index (χ1) is 9.06. The van der Waals surface area contributed by atoms with Gasteiger partial charge in [-0.15, -0.1) is 0 Å². The fraction of sp³-hybridized carbons (Fsp3) is 0.231. The second kappa shape index (κ2) is 5.88. The smallest absolute Gasteiger partial charge is 0.242 e. The van der Waals surface area contributed by atoms with Gasteiger partial charge >= 0.3 is 0 Å². The quantitative estimate of drug-likeness (QED) is 0.903. The van der Waals surface area contributed by atoms with Crippen molar-refractivity contribution >= 4 is 33.1 Å². The van der Waals surface area contributed by atoms with E-state index in [0.29, 0.717) is 17.4 Å². The minimum Gasteiger partial charge on any atom is -0.473 e. The Kier molecular flexibility index (Phi) is 4.21. The third-order valence-electron chi connectivity index (χ3n) is 2.30. The van der Waals surface area contributed by atoms with Crippen molar-refractivity contribution < 1.29 is 4.74 Å². The molecule has 0 unspecified atom stereocenters. The molecule has 6 heteroatoms. The minimum atomic E-state index is 0.0118. The van der Waals surface area contributed by atoms with Gasteiger partial charge in [0.1, 0.15) is 12.0 Å². The number of aromatic nitrogens is 2. The van der Waals surface area contributed by atoms with Crippen molar-refractivity contribution in [3.8, 4) is 5.88 Å². The lowest BCUT2D eigenvalue weighted by atomic mass is 10.3. The number of hydrogen-bond donors (Lipinski definition) is 2. The maximum Gasteiger partial charge on any atom is 0.242 e. The van der Waals surface area contributed by atoms with E-state index in [-0.39, 0.29) is 6.10 Å². The number of nitrogen functional groups attached to an aromatic ring is 1. The highest BCUT2D eigenvalue weighted by molar-refractivity contribution is 9.10. The third-order valence-corrected chi connectivity index (χ3v) is 2.83. The van der Waals surface area contributed by atoms with Crippen molar-refractivity contribution in [2.24, 2.45) is 0 Å². The molecule has 100 valence electrons. The molecule has 3 N–H and O–H groups in total. The third kappa shape index (κ3) is 3.57. The molecule has 5 nitrogen and oxygen atoms in total. The lowest BCUT2D eigenvalue weighted by Gasteiger charge is -2.13. The Labute approximate surface area is 120 Å².